The molecular weight excluding hydrogens is 617 g/mol. The molecular formula is C37H66NO8P. The molecule has 0 saturated heterocycles. The van der Waals surface area contributed by atoms with Crippen molar-refractivity contribution in [2.24, 2.45) is 5.73 Å². The van der Waals surface area contributed by atoms with Gasteiger partial charge in [-0.15, -0.1) is 0 Å². The molecule has 3 N–H and O–H groups in total. The Morgan fingerprint density at radius 3 is 1.68 bits per heavy atom. The SMILES string of the molecule is CCCCC/C=C/C/C=C/C/C=C/C/C=C/CCCCCC(=O)OC[C@@H](COP(=O)(O)OCCN)OC(=O)CCCCCCCCC. The van der Waals surface area contributed by atoms with E-state index in [1.807, 2.05) is 0 Å². The molecule has 0 spiro atoms. The average molecular weight is 684 g/mol. The topological polar surface area (TPSA) is 134 Å². The van der Waals surface area contributed by atoms with Gasteiger partial charge in [0.25, 0.3) is 0 Å². The standard InChI is InChI=1S/C37H66NO8P/c1-3-5-7-9-11-12-13-14-15-16-17-18-19-20-21-22-24-25-27-29-36(39)43-33-35(34-45-47(41,42)44-32-31-38)46-37(40)30-28-26-23-10-8-6-4-2/h11-12,14-15,17-18,20-21,35H,3-10,13,16,19,22-34,38H2,1-2H3,(H,41,42)/b12-11+,15-14+,18-17+,21-20+/t35-/m0/s1. The summed E-state index contributed by atoms with van der Waals surface area (Å²) in [7, 11) is -4.37. The van der Waals surface area contributed by atoms with Crippen molar-refractivity contribution in [2.75, 3.05) is 26.4 Å². The van der Waals surface area contributed by atoms with Crippen molar-refractivity contribution in [2.45, 2.75) is 148 Å². The largest absolute Gasteiger partial charge is 0.472 e. The number of rotatable bonds is 33. The predicted molar refractivity (Wildman–Crippen MR) is 192 cm³/mol. The monoisotopic (exact) mass is 683 g/mol. The van der Waals surface area contributed by atoms with Crippen LogP contribution in [0, 0.1) is 0 Å². The fraction of sp³-hybridized carbons (Fsp3) is 0.730. The number of phosphoric ester groups is 1. The number of nitrogens with two attached hydrogens (primary N) is 1. The fourth-order valence-electron chi connectivity index (χ4n) is 4.50. The molecule has 0 aliphatic heterocycles. The smallest absolute Gasteiger partial charge is 0.462 e. The van der Waals surface area contributed by atoms with Crippen LogP contribution < -0.4 is 5.73 Å². The van der Waals surface area contributed by atoms with Crippen molar-refractivity contribution in [3.05, 3.63) is 48.6 Å². The number of phosphoric acid groups is 1. The Morgan fingerprint density at radius 1 is 0.638 bits per heavy atom. The van der Waals surface area contributed by atoms with E-state index in [9.17, 15) is 19.0 Å². The summed E-state index contributed by atoms with van der Waals surface area (Å²) in [6.07, 6.45) is 35.9. The summed E-state index contributed by atoms with van der Waals surface area (Å²) in [6.45, 7) is 3.58. The summed E-state index contributed by atoms with van der Waals surface area (Å²) in [6, 6.07) is 0. The Hall–Kier alpha value is -2.03. The van der Waals surface area contributed by atoms with E-state index in [4.69, 9.17) is 24.3 Å². The van der Waals surface area contributed by atoms with E-state index in [0.29, 0.717) is 12.8 Å². The number of esters is 2. The molecule has 47 heavy (non-hydrogen) atoms. The zero-order valence-electron chi connectivity index (χ0n) is 29.5. The van der Waals surface area contributed by atoms with Gasteiger partial charge in [0.1, 0.15) is 6.61 Å². The number of hydrogen-bond donors (Lipinski definition) is 2. The van der Waals surface area contributed by atoms with E-state index in [2.05, 4.69) is 62.5 Å². The third-order valence-electron chi connectivity index (χ3n) is 7.22. The lowest BCUT2D eigenvalue weighted by Crippen LogP contribution is -2.29. The van der Waals surface area contributed by atoms with Crippen LogP contribution in [0.15, 0.2) is 48.6 Å². The highest BCUT2D eigenvalue weighted by Gasteiger charge is 2.25. The summed E-state index contributed by atoms with van der Waals surface area (Å²) < 4.78 is 32.4. The molecule has 2 atom stereocenters. The number of hydrogen-bond acceptors (Lipinski definition) is 8. The van der Waals surface area contributed by atoms with Gasteiger partial charge in [-0.2, -0.15) is 0 Å². The van der Waals surface area contributed by atoms with Gasteiger partial charge < -0.3 is 20.1 Å². The molecule has 1 unspecified atom stereocenters. The number of ether oxygens (including phenoxy) is 2. The quantitative estimate of drug-likeness (QED) is 0.0300. The molecule has 0 rings (SSSR count). The maximum atomic E-state index is 12.4. The number of carbonyl (C=O) groups excluding carboxylic acids is 2. The molecule has 0 aliphatic rings. The minimum Gasteiger partial charge on any atom is -0.462 e. The first-order chi connectivity index (χ1) is 22.8. The van der Waals surface area contributed by atoms with Crippen LogP contribution in [-0.4, -0.2) is 49.3 Å². The van der Waals surface area contributed by atoms with E-state index in [-0.39, 0.29) is 32.6 Å². The Morgan fingerprint density at radius 2 is 1.11 bits per heavy atom. The van der Waals surface area contributed by atoms with Crippen molar-refractivity contribution in [1.82, 2.24) is 0 Å². The van der Waals surface area contributed by atoms with Crippen LogP contribution in [0.1, 0.15) is 142 Å². The van der Waals surface area contributed by atoms with E-state index in [0.717, 1.165) is 57.8 Å². The van der Waals surface area contributed by atoms with Gasteiger partial charge >= 0.3 is 19.8 Å². The van der Waals surface area contributed by atoms with E-state index >= 15 is 0 Å². The van der Waals surface area contributed by atoms with Crippen molar-refractivity contribution in [3.8, 4) is 0 Å². The number of unbranched alkanes of at least 4 members (excludes halogenated alkanes) is 12. The highest BCUT2D eigenvalue weighted by Crippen LogP contribution is 2.43. The zero-order valence-corrected chi connectivity index (χ0v) is 30.4. The minimum atomic E-state index is -4.37. The van der Waals surface area contributed by atoms with Gasteiger partial charge in [-0.3, -0.25) is 18.6 Å². The third-order valence-corrected chi connectivity index (χ3v) is 8.20. The second kappa shape index (κ2) is 33.9. The summed E-state index contributed by atoms with van der Waals surface area (Å²) in [4.78, 5) is 34.5. The van der Waals surface area contributed by atoms with E-state index < -0.39 is 32.5 Å². The van der Waals surface area contributed by atoms with Gasteiger partial charge in [-0.25, -0.2) is 4.57 Å². The van der Waals surface area contributed by atoms with Gasteiger partial charge in [-0.1, -0.05) is 120 Å². The van der Waals surface area contributed by atoms with Crippen LogP contribution in [0.5, 0.6) is 0 Å². The van der Waals surface area contributed by atoms with E-state index in [1.54, 1.807) is 0 Å². The zero-order chi connectivity index (χ0) is 34.7. The maximum absolute atomic E-state index is 12.4. The van der Waals surface area contributed by atoms with Gasteiger partial charge in [0, 0.05) is 19.4 Å². The molecule has 0 heterocycles. The van der Waals surface area contributed by atoms with Gasteiger partial charge in [0.15, 0.2) is 6.10 Å². The highest BCUT2D eigenvalue weighted by molar-refractivity contribution is 7.47. The Bertz CT molecular complexity index is 918. The van der Waals surface area contributed by atoms with Crippen molar-refractivity contribution < 1.29 is 37.6 Å². The lowest BCUT2D eigenvalue weighted by molar-refractivity contribution is -0.161. The highest BCUT2D eigenvalue weighted by atomic mass is 31.2. The average Bonchev–Trinajstić information content (AvgIpc) is 3.05. The first-order valence-electron chi connectivity index (χ1n) is 18.1. The molecule has 0 amide bonds. The van der Waals surface area contributed by atoms with Crippen LogP contribution in [0.2, 0.25) is 0 Å². The lowest BCUT2D eigenvalue weighted by atomic mass is 10.1. The van der Waals surface area contributed by atoms with Crippen LogP contribution in [0.4, 0.5) is 0 Å². The molecule has 0 saturated carbocycles. The molecule has 0 aliphatic carbocycles. The van der Waals surface area contributed by atoms with Crippen molar-refractivity contribution >= 4 is 19.8 Å². The first kappa shape index (κ1) is 45.0. The van der Waals surface area contributed by atoms with Crippen LogP contribution in [0.3, 0.4) is 0 Å². The molecule has 0 aromatic rings. The third kappa shape index (κ3) is 33.7. The van der Waals surface area contributed by atoms with Gasteiger partial charge in [-0.05, 0) is 57.8 Å². The molecule has 0 fully saturated rings. The first-order valence-corrected chi connectivity index (χ1v) is 19.6. The molecule has 0 aromatic heterocycles. The Labute approximate surface area is 286 Å². The molecule has 9 nitrogen and oxygen atoms in total. The van der Waals surface area contributed by atoms with Crippen LogP contribution >= 0.6 is 7.82 Å². The molecule has 0 aromatic carbocycles. The summed E-state index contributed by atoms with van der Waals surface area (Å²) in [5, 5.41) is 0. The second-order valence-electron chi connectivity index (χ2n) is 11.7. The fourth-order valence-corrected chi connectivity index (χ4v) is 5.26. The second-order valence-corrected chi connectivity index (χ2v) is 13.2. The number of allylic oxidation sites excluding steroid dienone is 8. The van der Waals surface area contributed by atoms with Crippen molar-refractivity contribution in [3.63, 3.8) is 0 Å². The predicted octanol–water partition coefficient (Wildman–Crippen LogP) is 9.60. The summed E-state index contributed by atoms with van der Waals surface area (Å²) in [5.41, 5.74) is 5.31. The summed E-state index contributed by atoms with van der Waals surface area (Å²) in [5.74, 6) is -0.877. The van der Waals surface area contributed by atoms with E-state index in [1.165, 1.54) is 44.9 Å². The molecule has 10 heteroatoms. The summed E-state index contributed by atoms with van der Waals surface area (Å²) >= 11 is 0. The lowest BCUT2D eigenvalue weighted by Gasteiger charge is -2.19. The van der Waals surface area contributed by atoms with Crippen LogP contribution in [-0.2, 0) is 32.7 Å². The molecule has 0 radical (unpaired) electrons. The molecule has 0 bridgehead atoms. The van der Waals surface area contributed by atoms with Crippen LogP contribution in [0.25, 0.3) is 0 Å². The van der Waals surface area contributed by atoms with Gasteiger partial charge in [0.2, 0.25) is 0 Å². The van der Waals surface area contributed by atoms with Gasteiger partial charge in [0.05, 0.1) is 13.2 Å². The van der Waals surface area contributed by atoms with Crippen molar-refractivity contribution in [1.29, 1.82) is 0 Å². The molecule has 272 valence electrons. The Balaban J connectivity index is 4.22. The minimum absolute atomic E-state index is 0.0476. The normalized spacial score (nSPS) is 14.0. The Kier molecular flexibility index (Phi) is 32.4. The maximum Gasteiger partial charge on any atom is 0.472 e. The number of carbonyl (C=O) groups is 2.